The number of alkyl halides is 3. The molecule has 0 spiro atoms. The van der Waals surface area contributed by atoms with Gasteiger partial charge < -0.3 is 5.32 Å². The van der Waals surface area contributed by atoms with Gasteiger partial charge in [0.2, 0.25) is 0 Å². The Morgan fingerprint density at radius 1 is 1.38 bits per heavy atom. The van der Waals surface area contributed by atoms with Crippen molar-refractivity contribution < 1.29 is 13.2 Å². The number of hydrogen-bond donors (Lipinski definition) is 1. The summed E-state index contributed by atoms with van der Waals surface area (Å²) in [4.78, 5) is 0. The van der Waals surface area contributed by atoms with Gasteiger partial charge in [-0.25, -0.2) is 0 Å². The first kappa shape index (κ1) is 11.9. The summed E-state index contributed by atoms with van der Waals surface area (Å²) in [5.41, 5.74) is -0.620. The number of rotatable bonds is 2. The third-order valence-electron chi connectivity index (χ3n) is 1.80. The number of nitrogens with zero attached hydrogens (tertiary/aromatic N) is 1. The molecule has 16 heavy (non-hydrogen) atoms. The molecule has 0 bridgehead atoms. The second-order valence-corrected chi connectivity index (χ2v) is 2.95. The van der Waals surface area contributed by atoms with E-state index in [9.17, 15) is 13.2 Å². The molecule has 82 valence electrons. The molecule has 0 aromatic heterocycles. The third-order valence-corrected chi connectivity index (χ3v) is 1.80. The van der Waals surface area contributed by atoms with Crippen LogP contribution in [0.1, 0.15) is 5.56 Å². The number of terminal acetylenes is 1. The smallest absolute Gasteiger partial charge is 0.360 e. The van der Waals surface area contributed by atoms with Crippen molar-refractivity contribution in [3.05, 3.63) is 29.8 Å². The van der Waals surface area contributed by atoms with Crippen LogP contribution >= 0.6 is 0 Å². The molecule has 0 radical (unpaired) electrons. The van der Waals surface area contributed by atoms with Crippen LogP contribution < -0.4 is 5.32 Å². The molecule has 0 saturated heterocycles. The second-order valence-electron chi connectivity index (χ2n) is 2.95. The summed E-state index contributed by atoms with van der Waals surface area (Å²) in [6, 6.07) is 5.30. The van der Waals surface area contributed by atoms with Crippen LogP contribution in [0, 0.1) is 23.7 Å². The Bertz CT molecular complexity index is 438. The summed E-state index contributed by atoms with van der Waals surface area (Å²) in [6.45, 7) is 0. The molecule has 1 rings (SSSR count). The number of hydrogen-bond acceptors (Lipinski definition) is 2. The number of benzene rings is 1. The Kier molecular flexibility index (Phi) is 3.42. The zero-order valence-electron chi connectivity index (χ0n) is 8.05. The zero-order chi connectivity index (χ0) is 12.2. The minimum absolute atomic E-state index is 0.166. The van der Waals surface area contributed by atoms with Crippen LogP contribution in [-0.2, 0) is 6.18 Å². The summed E-state index contributed by atoms with van der Waals surface area (Å²) in [6.07, 6.45) is 0.591. The van der Waals surface area contributed by atoms with Crippen molar-refractivity contribution >= 4 is 5.69 Å². The minimum atomic E-state index is -4.41. The van der Waals surface area contributed by atoms with E-state index in [1.54, 1.807) is 6.07 Å². The first-order valence-corrected chi connectivity index (χ1v) is 4.27. The Balaban J connectivity index is 2.93. The molecule has 2 nitrogen and oxygen atoms in total. The molecule has 5 heteroatoms. The Morgan fingerprint density at radius 3 is 2.56 bits per heavy atom. The summed E-state index contributed by atoms with van der Waals surface area (Å²) < 4.78 is 37.0. The topological polar surface area (TPSA) is 35.8 Å². The molecule has 0 aliphatic carbocycles. The predicted molar refractivity (Wildman–Crippen MR) is 53.3 cm³/mol. The molecular weight excluding hydrogens is 217 g/mol. The number of anilines is 1. The minimum Gasteiger partial charge on any atom is -0.360 e. The lowest BCUT2D eigenvalue weighted by Crippen LogP contribution is -2.15. The average molecular weight is 224 g/mol. The Hall–Kier alpha value is -2.14. The van der Waals surface area contributed by atoms with Gasteiger partial charge in [0.05, 0.1) is 5.56 Å². The molecule has 0 aliphatic rings. The summed E-state index contributed by atoms with van der Waals surface area (Å²) in [5.74, 6) is 2.10. The van der Waals surface area contributed by atoms with E-state index in [0.717, 1.165) is 12.1 Å². The maximum absolute atomic E-state index is 12.3. The molecule has 0 amide bonds. The number of halogens is 3. The van der Waals surface area contributed by atoms with Gasteiger partial charge in [-0.15, -0.1) is 6.42 Å². The SMILES string of the molecule is C#CC(C#N)Nc1cccc(C(F)(F)F)c1. The molecule has 1 aromatic carbocycles. The maximum atomic E-state index is 12.3. The van der Waals surface area contributed by atoms with E-state index in [4.69, 9.17) is 11.7 Å². The fourth-order valence-electron chi connectivity index (χ4n) is 1.06. The van der Waals surface area contributed by atoms with Crippen molar-refractivity contribution in [1.82, 2.24) is 0 Å². The van der Waals surface area contributed by atoms with Crippen LogP contribution in [0.5, 0.6) is 0 Å². The quantitative estimate of drug-likeness (QED) is 0.784. The van der Waals surface area contributed by atoms with Gasteiger partial charge in [-0.05, 0) is 18.2 Å². The monoisotopic (exact) mass is 224 g/mol. The number of nitriles is 1. The third kappa shape index (κ3) is 2.93. The van der Waals surface area contributed by atoms with Crippen molar-refractivity contribution in [2.75, 3.05) is 5.32 Å². The highest BCUT2D eigenvalue weighted by Crippen LogP contribution is 2.30. The fourth-order valence-corrected chi connectivity index (χ4v) is 1.06. The standard InChI is InChI=1S/C11H7F3N2/c1-2-9(7-15)16-10-5-3-4-8(6-10)11(12,13)14/h1,3-6,9,16H. The van der Waals surface area contributed by atoms with Gasteiger partial charge in [0, 0.05) is 5.69 Å². The highest BCUT2D eigenvalue weighted by molar-refractivity contribution is 5.50. The van der Waals surface area contributed by atoms with Gasteiger partial charge in [0.1, 0.15) is 6.07 Å². The van der Waals surface area contributed by atoms with E-state index in [1.807, 2.05) is 0 Å². The molecule has 0 saturated carbocycles. The van der Waals surface area contributed by atoms with E-state index in [2.05, 4.69) is 11.2 Å². The van der Waals surface area contributed by atoms with Crippen molar-refractivity contribution in [2.45, 2.75) is 12.2 Å². The maximum Gasteiger partial charge on any atom is 0.416 e. The van der Waals surface area contributed by atoms with E-state index in [1.165, 1.54) is 12.1 Å². The van der Waals surface area contributed by atoms with Gasteiger partial charge in [0.15, 0.2) is 6.04 Å². The van der Waals surface area contributed by atoms with Crippen LogP contribution in [-0.4, -0.2) is 6.04 Å². The normalized spacial score (nSPS) is 12.3. The van der Waals surface area contributed by atoms with Crippen molar-refractivity contribution in [3.63, 3.8) is 0 Å². The largest absolute Gasteiger partial charge is 0.416 e. The number of nitrogens with one attached hydrogen (secondary N) is 1. The van der Waals surface area contributed by atoms with Gasteiger partial charge >= 0.3 is 6.18 Å². The van der Waals surface area contributed by atoms with Crippen molar-refractivity contribution in [1.29, 1.82) is 5.26 Å². The van der Waals surface area contributed by atoms with Crippen molar-refractivity contribution in [3.8, 4) is 18.4 Å². The lowest BCUT2D eigenvalue weighted by atomic mass is 10.2. The lowest BCUT2D eigenvalue weighted by molar-refractivity contribution is -0.137. The predicted octanol–water partition coefficient (Wildman–Crippen LogP) is 2.64. The highest BCUT2D eigenvalue weighted by atomic mass is 19.4. The molecule has 0 heterocycles. The lowest BCUT2D eigenvalue weighted by Gasteiger charge is -2.10. The summed E-state index contributed by atoms with van der Waals surface area (Å²) >= 11 is 0. The molecule has 1 N–H and O–H groups in total. The first-order chi connectivity index (χ1) is 7.47. The molecule has 1 unspecified atom stereocenters. The molecular formula is C11H7F3N2. The zero-order valence-corrected chi connectivity index (χ0v) is 8.05. The van der Waals surface area contributed by atoms with Crippen LogP contribution in [0.3, 0.4) is 0 Å². The Labute approximate surface area is 90.7 Å². The van der Waals surface area contributed by atoms with Gasteiger partial charge in [0.25, 0.3) is 0 Å². The van der Waals surface area contributed by atoms with E-state index in [-0.39, 0.29) is 5.69 Å². The molecule has 1 aromatic rings. The highest BCUT2D eigenvalue weighted by Gasteiger charge is 2.30. The summed E-state index contributed by atoms with van der Waals surface area (Å²) in [7, 11) is 0. The molecule has 0 fully saturated rings. The van der Waals surface area contributed by atoms with E-state index >= 15 is 0 Å². The fraction of sp³-hybridized carbons (Fsp3) is 0.182. The second kappa shape index (κ2) is 4.59. The van der Waals surface area contributed by atoms with Gasteiger partial charge in [-0.3, -0.25) is 0 Å². The van der Waals surface area contributed by atoms with Crippen molar-refractivity contribution in [2.24, 2.45) is 0 Å². The first-order valence-electron chi connectivity index (χ1n) is 4.27. The Morgan fingerprint density at radius 2 is 2.06 bits per heavy atom. The summed E-state index contributed by atoms with van der Waals surface area (Å²) in [5, 5.41) is 11.0. The van der Waals surface area contributed by atoms with Gasteiger partial charge in [-0.2, -0.15) is 18.4 Å². The molecule has 0 aliphatic heterocycles. The van der Waals surface area contributed by atoms with Crippen LogP contribution in [0.15, 0.2) is 24.3 Å². The van der Waals surface area contributed by atoms with Crippen LogP contribution in [0.4, 0.5) is 18.9 Å². The molecule has 1 atom stereocenters. The van der Waals surface area contributed by atoms with E-state index in [0.29, 0.717) is 0 Å². The van der Waals surface area contributed by atoms with Crippen LogP contribution in [0.25, 0.3) is 0 Å². The van der Waals surface area contributed by atoms with E-state index < -0.39 is 17.8 Å². The van der Waals surface area contributed by atoms with Crippen LogP contribution in [0.2, 0.25) is 0 Å². The van der Waals surface area contributed by atoms with Gasteiger partial charge in [-0.1, -0.05) is 12.0 Å². The average Bonchev–Trinajstić information content (AvgIpc) is 2.25.